The van der Waals surface area contributed by atoms with E-state index >= 15 is 0 Å². The number of carbonyl (C=O) groups excluding carboxylic acids is 2. The Morgan fingerprint density at radius 1 is 0.686 bits per heavy atom. The molecular formula is C30H23GeNO2Te. The van der Waals surface area contributed by atoms with Crippen LogP contribution < -0.4 is 13.7 Å². The van der Waals surface area contributed by atoms with Crippen LogP contribution in [-0.4, -0.2) is 45.3 Å². The van der Waals surface area contributed by atoms with Gasteiger partial charge < -0.3 is 0 Å². The minimum atomic E-state index is -2.37. The van der Waals surface area contributed by atoms with Gasteiger partial charge in [0.1, 0.15) is 0 Å². The fraction of sp³-hybridized carbons (Fsp3) is 0.133. The summed E-state index contributed by atoms with van der Waals surface area (Å²) in [6, 6.07) is 29.7. The molecule has 0 radical (unpaired) electrons. The van der Waals surface area contributed by atoms with Crippen LogP contribution in [0.5, 0.6) is 0 Å². The Balaban J connectivity index is 1.34. The van der Waals surface area contributed by atoms with Gasteiger partial charge in [0, 0.05) is 0 Å². The van der Waals surface area contributed by atoms with Gasteiger partial charge in [-0.05, 0) is 0 Å². The summed E-state index contributed by atoms with van der Waals surface area (Å²) in [5.41, 5.74) is 4.11. The van der Waals surface area contributed by atoms with Gasteiger partial charge in [0.25, 0.3) is 0 Å². The first-order valence-corrected chi connectivity index (χ1v) is 19.6. The van der Waals surface area contributed by atoms with Crippen LogP contribution in [0.2, 0.25) is 10.5 Å². The fourth-order valence-corrected chi connectivity index (χ4v) is 20.6. The number of hydrogen-bond acceptors (Lipinski definition) is 3. The molecule has 3 nitrogen and oxygen atoms in total. The summed E-state index contributed by atoms with van der Waals surface area (Å²) in [5.74, 6) is -0.283. The third-order valence-corrected chi connectivity index (χ3v) is 21.9. The van der Waals surface area contributed by atoms with Crippen molar-refractivity contribution < 1.29 is 9.59 Å². The molecule has 2 aliphatic heterocycles. The number of Topliss-reactive ketones (excluding diaryl/α,β-unsaturated/α-hetero) is 2. The molecule has 1 spiro atoms. The zero-order valence-corrected chi connectivity index (χ0v) is 23.6. The van der Waals surface area contributed by atoms with Crippen LogP contribution in [0.15, 0.2) is 90.5 Å². The zero-order chi connectivity index (χ0) is 23.6. The van der Waals surface area contributed by atoms with Gasteiger partial charge in [-0.1, -0.05) is 0 Å². The first-order valence-electron chi connectivity index (χ1n) is 12.2. The molecule has 5 heteroatoms. The van der Waals surface area contributed by atoms with Crippen LogP contribution >= 0.6 is 0 Å². The van der Waals surface area contributed by atoms with Gasteiger partial charge in [-0.3, -0.25) is 0 Å². The van der Waals surface area contributed by atoms with Gasteiger partial charge in [0.2, 0.25) is 0 Å². The molecule has 4 aromatic rings. The summed E-state index contributed by atoms with van der Waals surface area (Å²) < 4.78 is 5.71. The van der Waals surface area contributed by atoms with Gasteiger partial charge in [-0.15, -0.1) is 0 Å². The fourth-order valence-electron chi connectivity index (χ4n) is 6.26. The number of fused-ring (bicyclic) bond motifs is 5. The molecule has 0 atom stereocenters. The monoisotopic (exact) mass is 633 g/mol. The van der Waals surface area contributed by atoms with Crippen LogP contribution in [-0.2, 0) is 0 Å². The van der Waals surface area contributed by atoms with Crippen LogP contribution in [0.3, 0.4) is 0 Å². The molecule has 3 heterocycles. The molecule has 170 valence electrons. The van der Waals surface area contributed by atoms with Gasteiger partial charge >= 0.3 is 218 Å². The standard InChI is InChI=1S/C30H23GeNO2Te/c33-29-21-9-1-2-10-22(21)30(34)23(29)19-20-15-16-28(35-20)32-26-13-5-3-11-24(26)31(17-7-8-18-31)25-12-4-6-14-27(25)32/h1-6,9-16,19H,7-8,17-18H2. The number of carbonyl (C=O) groups is 2. The van der Waals surface area contributed by atoms with Crippen LogP contribution in [0.25, 0.3) is 6.08 Å². The number of nitrogens with zero attached hydrogens (tertiary/aromatic N) is 1. The molecule has 3 aromatic carbocycles. The Labute approximate surface area is 217 Å². The predicted molar refractivity (Wildman–Crippen MR) is 145 cm³/mol. The van der Waals surface area contributed by atoms with Crippen molar-refractivity contribution >= 4 is 75.2 Å². The van der Waals surface area contributed by atoms with Gasteiger partial charge in [-0.2, -0.15) is 0 Å². The first-order chi connectivity index (χ1) is 17.2. The van der Waals surface area contributed by atoms with Gasteiger partial charge in [0.05, 0.1) is 0 Å². The summed E-state index contributed by atoms with van der Waals surface area (Å²) in [7, 11) is 0. The van der Waals surface area contributed by atoms with Gasteiger partial charge in [-0.25, -0.2) is 0 Å². The van der Waals surface area contributed by atoms with Crippen LogP contribution in [0, 0.1) is 0 Å². The molecule has 0 N–H and O–H groups in total. The van der Waals surface area contributed by atoms with Crippen molar-refractivity contribution in [3.8, 4) is 0 Å². The van der Waals surface area contributed by atoms with Crippen molar-refractivity contribution in [3.05, 3.63) is 105 Å². The molecule has 0 unspecified atom stereocenters. The molecule has 1 saturated heterocycles. The summed E-state index contributed by atoms with van der Waals surface area (Å²) in [6.45, 7) is 0. The Morgan fingerprint density at radius 2 is 1.23 bits per heavy atom. The van der Waals surface area contributed by atoms with E-state index in [0.29, 0.717) is 16.7 Å². The van der Waals surface area contributed by atoms with Crippen molar-refractivity contribution in [1.82, 2.24) is 0 Å². The van der Waals surface area contributed by atoms with E-state index in [1.807, 2.05) is 18.2 Å². The summed E-state index contributed by atoms with van der Waals surface area (Å²) in [4.78, 5) is 28.3. The van der Waals surface area contributed by atoms with Crippen LogP contribution in [0.4, 0.5) is 15.1 Å². The number of anilines is 3. The Bertz CT molecular complexity index is 1470. The maximum atomic E-state index is 12.9. The number of para-hydroxylation sites is 2. The molecule has 0 bridgehead atoms. The number of allylic oxidation sites excluding steroid dienone is 1. The molecule has 3 aliphatic rings. The molecule has 7 rings (SSSR count). The van der Waals surface area contributed by atoms with E-state index in [0.717, 1.165) is 3.58 Å². The predicted octanol–water partition coefficient (Wildman–Crippen LogP) is 5.35. The number of hydrogen-bond donors (Lipinski definition) is 0. The molecule has 1 aliphatic carbocycles. The molecule has 35 heavy (non-hydrogen) atoms. The SMILES string of the molecule is O=C1C(=Cc2ccc(N3c4cccc[c]4[Ge]4([CH2]CC[CH2]4)[c]4ccccc43)[te]2)C(=O)c2ccccc21. The molecule has 1 fully saturated rings. The van der Waals surface area contributed by atoms with Crippen LogP contribution in [0.1, 0.15) is 37.1 Å². The Morgan fingerprint density at radius 3 is 1.83 bits per heavy atom. The first kappa shape index (κ1) is 21.6. The van der Waals surface area contributed by atoms with Crippen molar-refractivity contribution in [2.45, 2.75) is 23.3 Å². The number of ketones is 2. The van der Waals surface area contributed by atoms with Crippen molar-refractivity contribution in [2.75, 3.05) is 4.90 Å². The van der Waals surface area contributed by atoms with Crippen molar-refractivity contribution in [2.24, 2.45) is 0 Å². The molecular weight excluding hydrogens is 607 g/mol. The van der Waals surface area contributed by atoms with Crippen molar-refractivity contribution in [1.29, 1.82) is 0 Å². The van der Waals surface area contributed by atoms with E-state index in [9.17, 15) is 9.59 Å². The van der Waals surface area contributed by atoms with E-state index in [1.54, 1.807) is 20.9 Å². The molecule has 0 saturated carbocycles. The third-order valence-electron chi connectivity index (χ3n) is 7.80. The minimum absolute atomic E-state index is 0.141. The van der Waals surface area contributed by atoms with Gasteiger partial charge in [0.15, 0.2) is 0 Å². The van der Waals surface area contributed by atoms with E-state index in [4.69, 9.17) is 0 Å². The Kier molecular flexibility index (Phi) is 5.06. The number of rotatable bonds is 2. The third kappa shape index (κ3) is 3.17. The summed E-state index contributed by atoms with van der Waals surface area (Å²) in [6.07, 6.45) is 4.57. The summed E-state index contributed by atoms with van der Waals surface area (Å²) >= 11 is -3.13. The topological polar surface area (TPSA) is 37.4 Å². The summed E-state index contributed by atoms with van der Waals surface area (Å²) in [5, 5.41) is 2.77. The second kappa shape index (κ2) is 8.20. The van der Waals surface area contributed by atoms with E-state index in [2.05, 4.69) is 65.6 Å². The normalized spacial score (nSPS) is 17.5. The van der Waals surface area contributed by atoms with E-state index < -0.39 is 33.7 Å². The molecule has 1 aromatic heterocycles. The zero-order valence-electron chi connectivity index (χ0n) is 19.2. The average Bonchev–Trinajstić information content (AvgIpc) is 3.62. The average molecular weight is 630 g/mol. The number of benzene rings is 3. The Hall–Kier alpha value is -2.65. The quantitative estimate of drug-likeness (QED) is 0.171. The van der Waals surface area contributed by atoms with E-state index in [-0.39, 0.29) is 11.6 Å². The van der Waals surface area contributed by atoms with E-state index in [1.165, 1.54) is 38.4 Å². The van der Waals surface area contributed by atoms with Crippen molar-refractivity contribution in [3.63, 3.8) is 0 Å². The maximum absolute atomic E-state index is 12.9. The second-order valence-corrected chi connectivity index (χ2v) is 21.6. The molecule has 0 amide bonds. The second-order valence-electron chi connectivity index (χ2n) is 9.60.